The zero-order valence-corrected chi connectivity index (χ0v) is 18.1. The average Bonchev–Trinajstić information content (AvgIpc) is 3.14. The molecule has 0 spiro atoms. The second kappa shape index (κ2) is 9.09. The number of carbonyl (C=O) groups is 2. The second-order valence-corrected chi connectivity index (χ2v) is 7.49. The summed E-state index contributed by atoms with van der Waals surface area (Å²) in [6.45, 7) is 1.32. The molecule has 0 fully saturated rings. The molecule has 4 aromatic rings. The number of nitrogens with one attached hydrogen (secondary N) is 1. The van der Waals surface area contributed by atoms with Crippen molar-refractivity contribution in [3.05, 3.63) is 93.3 Å². The highest BCUT2D eigenvalue weighted by Crippen LogP contribution is 2.26. The number of nitro benzene ring substituents is 1. The standard InChI is InChI=1S/C23H17ClN4O5/c1-14-25-20-11-15(7-10-21(20)27(14)16-5-3-2-4-6-16)23(30)33-13-22(29)26-19-9-8-17(28(31)32)12-18(19)24/h2-12H,13H2,1H3,(H,26,29). The van der Waals surface area contributed by atoms with Crippen molar-refractivity contribution in [2.75, 3.05) is 11.9 Å². The van der Waals surface area contributed by atoms with Crippen LogP contribution in [-0.2, 0) is 9.53 Å². The Morgan fingerprint density at radius 1 is 1.12 bits per heavy atom. The SMILES string of the molecule is Cc1nc2cc(C(=O)OCC(=O)Nc3ccc([N+](=O)[O-])cc3Cl)ccc2n1-c1ccccc1. The van der Waals surface area contributed by atoms with Gasteiger partial charge in [-0.2, -0.15) is 0 Å². The van der Waals surface area contributed by atoms with Crippen molar-refractivity contribution >= 4 is 45.9 Å². The number of anilines is 1. The van der Waals surface area contributed by atoms with Crippen molar-refractivity contribution in [2.45, 2.75) is 6.92 Å². The third-order valence-corrected chi connectivity index (χ3v) is 5.16. The van der Waals surface area contributed by atoms with Crippen molar-refractivity contribution < 1.29 is 19.2 Å². The Labute approximate surface area is 192 Å². The predicted octanol–water partition coefficient (Wildman–Crippen LogP) is 4.69. The summed E-state index contributed by atoms with van der Waals surface area (Å²) in [4.78, 5) is 39.3. The molecule has 33 heavy (non-hydrogen) atoms. The van der Waals surface area contributed by atoms with Crippen LogP contribution in [0.3, 0.4) is 0 Å². The molecular weight excluding hydrogens is 448 g/mol. The van der Waals surface area contributed by atoms with E-state index in [4.69, 9.17) is 16.3 Å². The van der Waals surface area contributed by atoms with E-state index >= 15 is 0 Å². The number of hydrogen-bond acceptors (Lipinski definition) is 6. The maximum absolute atomic E-state index is 12.5. The lowest BCUT2D eigenvalue weighted by Crippen LogP contribution is -2.21. The van der Waals surface area contributed by atoms with Crippen molar-refractivity contribution in [3.8, 4) is 5.69 Å². The minimum Gasteiger partial charge on any atom is -0.452 e. The summed E-state index contributed by atoms with van der Waals surface area (Å²) in [5.41, 5.74) is 2.63. The summed E-state index contributed by atoms with van der Waals surface area (Å²) in [7, 11) is 0. The Kier molecular flexibility index (Phi) is 6.05. The third-order valence-electron chi connectivity index (χ3n) is 4.84. The van der Waals surface area contributed by atoms with Crippen LogP contribution in [0.2, 0.25) is 5.02 Å². The number of amides is 1. The van der Waals surface area contributed by atoms with E-state index in [0.717, 1.165) is 23.1 Å². The van der Waals surface area contributed by atoms with Crippen molar-refractivity contribution in [2.24, 2.45) is 0 Å². The number of aryl methyl sites for hydroxylation is 1. The fourth-order valence-corrected chi connectivity index (χ4v) is 3.57. The predicted molar refractivity (Wildman–Crippen MR) is 123 cm³/mol. The highest BCUT2D eigenvalue weighted by Gasteiger charge is 2.16. The summed E-state index contributed by atoms with van der Waals surface area (Å²) in [6, 6.07) is 18.3. The first-order valence-electron chi connectivity index (χ1n) is 9.79. The smallest absolute Gasteiger partial charge is 0.338 e. The van der Waals surface area contributed by atoms with Gasteiger partial charge in [0.15, 0.2) is 6.61 Å². The first-order chi connectivity index (χ1) is 15.8. The van der Waals surface area contributed by atoms with Gasteiger partial charge in [-0.05, 0) is 43.3 Å². The van der Waals surface area contributed by atoms with E-state index < -0.39 is 23.4 Å². The number of nitrogens with zero attached hydrogens (tertiary/aromatic N) is 3. The molecule has 0 aliphatic rings. The minimum atomic E-state index is -0.686. The zero-order valence-electron chi connectivity index (χ0n) is 17.3. The van der Waals surface area contributed by atoms with Gasteiger partial charge in [-0.25, -0.2) is 9.78 Å². The quantitative estimate of drug-likeness (QED) is 0.251. The fourth-order valence-electron chi connectivity index (χ4n) is 3.35. The first kappa shape index (κ1) is 22.0. The summed E-state index contributed by atoms with van der Waals surface area (Å²) in [5.74, 6) is -0.556. The molecule has 0 saturated carbocycles. The third kappa shape index (κ3) is 4.68. The van der Waals surface area contributed by atoms with Gasteiger partial charge in [0.1, 0.15) is 5.82 Å². The van der Waals surface area contributed by atoms with Crippen LogP contribution in [0.25, 0.3) is 16.7 Å². The average molecular weight is 465 g/mol. The van der Waals surface area contributed by atoms with Gasteiger partial charge in [0.05, 0.1) is 32.2 Å². The van der Waals surface area contributed by atoms with Crippen LogP contribution in [0.1, 0.15) is 16.2 Å². The molecule has 1 aromatic heterocycles. The second-order valence-electron chi connectivity index (χ2n) is 7.08. The Hall–Kier alpha value is -4.24. The number of para-hydroxylation sites is 1. The van der Waals surface area contributed by atoms with Crippen LogP contribution in [0.15, 0.2) is 66.7 Å². The number of fused-ring (bicyclic) bond motifs is 1. The molecule has 0 aliphatic carbocycles. The van der Waals surface area contributed by atoms with E-state index in [0.29, 0.717) is 5.52 Å². The number of ether oxygens (including phenoxy) is 1. The van der Waals surface area contributed by atoms with Gasteiger partial charge in [0, 0.05) is 17.8 Å². The number of carbonyl (C=O) groups excluding carboxylic acids is 2. The van der Waals surface area contributed by atoms with Gasteiger partial charge >= 0.3 is 5.97 Å². The largest absolute Gasteiger partial charge is 0.452 e. The molecule has 4 rings (SSSR count). The number of rotatable bonds is 6. The highest BCUT2D eigenvalue weighted by molar-refractivity contribution is 6.34. The topological polar surface area (TPSA) is 116 Å². The summed E-state index contributed by atoms with van der Waals surface area (Å²) >= 11 is 5.95. The number of aromatic nitrogens is 2. The maximum Gasteiger partial charge on any atom is 0.338 e. The highest BCUT2D eigenvalue weighted by atomic mass is 35.5. The molecule has 166 valence electrons. The lowest BCUT2D eigenvalue weighted by atomic mass is 10.2. The number of halogens is 1. The lowest BCUT2D eigenvalue weighted by molar-refractivity contribution is -0.384. The van der Waals surface area contributed by atoms with Crippen molar-refractivity contribution in [1.29, 1.82) is 0 Å². The van der Waals surface area contributed by atoms with Crippen LogP contribution in [-0.4, -0.2) is 33.0 Å². The molecule has 1 N–H and O–H groups in total. The van der Waals surface area contributed by atoms with Gasteiger partial charge in [0.25, 0.3) is 11.6 Å². The van der Waals surface area contributed by atoms with E-state index in [1.165, 1.54) is 12.1 Å². The van der Waals surface area contributed by atoms with E-state index in [1.807, 2.05) is 41.8 Å². The van der Waals surface area contributed by atoms with Crippen LogP contribution in [0, 0.1) is 17.0 Å². The van der Waals surface area contributed by atoms with Crippen molar-refractivity contribution in [3.63, 3.8) is 0 Å². The van der Waals surface area contributed by atoms with E-state index in [2.05, 4.69) is 10.3 Å². The maximum atomic E-state index is 12.5. The first-order valence-corrected chi connectivity index (χ1v) is 10.2. The van der Waals surface area contributed by atoms with Crippen LogP contribution in [0.4, 0.5) is 11.4 Å². The van der Waals surface area contributed by atoms with E-state index in [9.17, 15) is 19.7 Å². The van der Waals surface area contributed by atoms with Gasteiger partial charge in [-0.15, -0.1) is 0 Å². The normalized spacial score (nSPS) is 10.7. The molecule has 1 amide bonds. The molecule has 0 bridgehead atoms. The Morgan fingerprint density at radius 2 is 1.88 bits per heavy atom. The minimum absolute atomic E-state index is 0.00120. The molecule has 0 radical (unpaired) electrons. The summed E-state index contributed by atoms with van der Waals surface area (Å²) in [5, 5.41) is 13.2. The van der Waals surface area contributed by atoms with Gasteiger partial charge < -0.3 is 10.1 Å². The molecule has 0 unspecified atom stereocenters. The molecular formula is C23H17ClN4O5. The van der Waals surface area contributed by atoms with E-state index in [-0.39, 0.29) is 22.0 Å². The molecule has 0 saturated heterocycles. The van der Waals surface area contributed by atoms with Gasteiger partial charge in [-0.1, -0.05) is 29.8 Å². The number of hydrogen-bond donors (Lipinski definition) is 1. The van der Waals surface area contributed by atoms with Crippen molar-refractivity contribution in [1.82, 2.24) is 9.55 Å². The van der Waals surface area contributed by atoms with Crippen LogP contribution in [0.5, 0.6) is 0 Å². The number of imidazole rings is 1. The summed E-state index contributed by atoms with van der Waals surface area (Å²) < 4.78 is 7.08. The number of non-ortho nitro benzene ring substituents is 1. The zero-order chi connectivity index (χ0) is 23.5. The Balaban J connectivity index is 1.44. The number of nitro groups is 1. The Morgan fingerprint density at radius 3 is 2.58 bits per heavy atom. The number of esters is 1. The number of benzene rings is 3. The van der Waals surface area contributed by atoms with E-state index in [1.54, 1.807) is 18.2 Å². The summed E-state index contributed by atoms with van der Waals surface area (Å²) in [6.07, 6.45) is 0. The Bertz CT molecular complexity index is 1380. The van der Waals surface area contributed by atoms with Gasteiger partial charge in [-0.3, -0.25) is 19.5 Å². The monoisotopic (exact) mass is 464 g/mol. The molecule has 0 aliphatic heterocycles. The molecule has 0 atom stereocenters. The van der Waals surface area contributed by atoms with Crippen LogP contribution >= 0.6 is 11.6 Å². The molecule has 3 aromatic carbocycles. The van der Waals surface area contributed by atoms with Crippen LogP contribution < -0.4 is 5.32 Å². The molecule has 9 nitrogen and oxygen atoms in total. The lowest BCUT2D eigenvalue weighted by Gasteiger charge is -2.09. The fraction of sp³-hybridized carbons (Fsp3) is 0.0870. The molecule has 1 heterocycles. The van der Waals surface area contributed by atoms with Gasteiger partial charge in [0.2, 0.25) is 0 Å². The molecule has 10 heteroatoms.